The molecule has 0 aliphatic carbocycles. The van der Waals surface area contributed by atoms with E-state index in [1.165, 1.54) is 0 Å². The lowest BCUT2D eigenvalue weighted by atomic mass is 10.1. The molecule has 4 nitrogen and oxygen atoms in total. The number of carbonyl (C=O) groups is 1. The van der Waals surface area contributed by atoms with Crippen molar-refractivity contribution < 1.29 is 22.7 Å². The first-order chi connectivity index (χ1) is 8.84. The molecule has 2 N–H and O–H groups in total. The van der Waals surface area contributed by atoms with Crippen LogP contribution in [0, 0.1) is 0 Å². The van der Waals surface area contributed by atoms with Crippen molar-refractivity contribution in [3.8, 4) is 0 Å². The maximum atomic E-state index is 12.4. The van der Waals surface area contributed by atoms with Gasteiger partial charge in [-0.25, -0.2) is 0 Å². The largest absolute Gasteiger partial charge is 0.466 e. The van der Waals surface area contributed by atoms with Crippen molar-refractivity contribution in [1.82, 2.24) is 4.98 Å². The van der Waals surface area contributed by atoms with Crippen LogP contribution in [0.5, 0.6) is 0 Å². The summed E-state index contributed by atoms with van der Waals surface area (Å²) < 4.78 is 41.9. The van der Waals surface area contributed by atoms with Crippen molar-refractivity contribution in [2.75, 3.05) is 12.3 Å². The fourth-order valence-corrected chi connectivity index (χ4v) is 1.51. The Morgan fingerprint density at radius 2 is 2.16 bits per heavy atom. The molecule has 7 heteroatoms. The van der Waals surface area contributed by atoms with E-state index in [1.54, 1.807) is 6.92 Å². The van der Waals surface area contributed by atoms with Crippen LogP contribution in [0.3, 0.4) is 0 Å². The zero-order chi connectivity index (χ0) is 14.5. The van der Waals surface area contributed by atoms with E-state index >= 15 is 0 Å². The normalized spacial score (nSPS) is 11.4. The number of alkyl halides is 3. The number of aryl methyl sites for hydroxylation is 1. The minimum atomic E-state index is -4.45. The molecule has 0 saturated carbocycles. The third-order valence-corrected chi connectivity index (χ3v) is 2.43. The number of hydrogen-bond acceptors (Lipinski definition) is 4. The highest BCUT2D eigenvalue weighted by atomic mass is 19.4. The van der Waals surface area contributed by atoms with Crippen LogP contribution >= 0.6 is 0 Å². The van der Waals surface area contributed by atoms with Gasteiger partial charge in [0.05, 0.1) is 23.6 Å². The number of nitrogens with zero attached hydrogens (tertiary/aromatic N) is 1. The van der Waals surface area contributed by atoms with Crippen LogP contribution in [0.15, 0.2) is 12.3 Å². The molecular weight excluding hydrogens is 261 g/mol. The van der Waals surface area contributed by atoms with Gasteiger partial charge in [-0.2, -0.15) is 13.2 Å². The summed E-state index contributed by atoms with van der Waals surface area (Å²) >= 11 is 0. The number of hydrogen-bond donors (Lipinski definition) is 1. The topological polar surface area (TPSA) is 65.2 Å². The molecular formula is C12H15F3N2O2. The number of halogens is 3. The SMILES string of the molecule is CCOC(=O)CCCc1ncc(C(F)(F)F)cc1N. The van der Waals surface area contributed by atoms with Gasteiger partial charge in [-0.15, -0.1) is 0 Å². The number of esters is 1. The summed E-state index contributed by atoms with van der Waals surface area (Å²) in [5, 5.41) is 0. The molecule has 0 aliphatic rings. The second kappa shape index (κ2) is 6.40. The molecule has 1 rings (SSSR count). The van der Waals surface area contributed by atoms with Crippen LogP contribution in [0.1, 0.15) is 31.0 Å². The van der Waals surface area contributed by atoms with Gasteiger partial charge in [-0.3, -0.25) is 9.78 Å². The maximum absolute atomic E-state index is 12.4. The van der Waals surface area contributed by atoms with Gasteiger partial charge in [0, 0.05) is 12.6 Å². The molecule has 1 aromatic rings. The minimum absolute atomic E-state index is 0.0151. The highest BCUT2D eigenvalue weighted by Gasteiger charge is 2.31. The predicted molar refractivity (Wildman–Crippen MR) is 63.2 cm³/mol. The molecule has 1 heterocycles. The Morgan fingerprint density at radius 3 is 2.68 bits per heavy atom. The van der Waals surface area contributed by atoms with Gasteiger partial charge >= 0.3 is 12.1 Å². The molecule has 1 aromatic heterocycles. The van der Waals surface area contributed by atoms with Crippen LogP contribution in [0.2, 0.25) is 0 Å². The predicted octanol–water partition coefficient (Wildman–Crippen LogP) is 2.57. The van der Waals surface area contributed by atoms with Gasteiger partial charge in [-0.05, 0) is 25.8 Å². The van der Waals surface area contributed by atoms with E-state index in [0.29, 0.717) is 25.1 Å². The molecule has 0 unspecified atom stereocenters. The third-order valence-electron chi connectivity index (χ3n) is 2.43. The van der Waals surface area contributed by atoms with Crippen LogP contribution in [0.4, 0.5) is 18.9 Å². The number of aromatic nitrogens is 1. The average molecular weight is 276 g/mol. The lowest BCUT2D eigenvalue weighted by Gasteiger charge is -2.09. The van der Waals surface area contributed by atoms with Crippen LogP contribution in [-0.4, -0.2) is 17.6 Å². The van der Waals surface area contributed by atoms with Crippen LogP contribution in [0.25, 0.3) is 0 Å². The molecule has 19 heavy (non-hydrogen) atoms. The minimum Gasteiger partial charge on any atom is -0.466 e. The van der Waals surface area contributed by atoms with Gasteiger partial charge < -0.3 is 10.5 Å². The van der Waals surface area contributed by atoms with Gasteiger partial charge in [-0.1, -0.05) is 0 Å². The Hall–Kier alpha value is -1.79. The molecule has 0 atom stereocenters. The summed E-state index contributed by atoms with van der Waals surface area (Å²) in [7, 11) is 0. The lowest BCUT2D eigenvalue weighted by molar-refractivity contribution is -0.143. The molecule has 0 saturated heterocycles. The monoisotopic (exact) mass is 276 g/mol. The summed E-state index contributed by atoms with van der Waals surface area (Å²) in [6, 6.07) is 0.854. The second-order valence-electron chi connectivity index (χ2n) is 3.92. The van der Waals surface area contributed by atoms with Crippen molar-refractivity contribution in [3.05, 3.63) is 23.5 Å². The van der Waals surface area contributed by atoms with E-state index in [4.69, 9.17) is 10.5 Å². The Balaban J connectivity index is 2.58. The standard InChI is InChI=1S/C12H15F3N2O2/c1-2-19-11(18)5-3-4-10-9(16)6-8(7-17-10)12(13,14)15/h6-7H,2-5,16H2,1H3. The average Bonchev–Trinajstić information content (AvgIpc) is 2.30. The number of ether oxygens (including phenoxy) is 1. The van der Waals surface area contributed by atoms with E-state index in [2.05, 4.69) is 4.98 Å². The zero-order valence-electron chi connectivity index (χ0n) is 10.5. The number of pyridine rings is 1. The van der Waals surface area contributed by atoms with Crippen LogP contribution in [-0.2, 0) is 22.1 Å². The van der Waals surface area contributed by atoms with Crippen molar-refractivity contribution in [2.45, 2.75) is 32.4 Å². The van der Waals surface area contributed by atoms with Crippen molar-refractivity contribution in [1.29, 1.82) is 0 Å². The van der Waals surface area contributed by atoms with Crippen LogP contribution < -0.4 is 5.73 Å². The molecule has 0 amide bonds. The van der Waals surface area contributed by atoms with Crippen molar-refractivity contribution >= 4 is 11.7 Å². The summed E-state index contributed by atoms with van der Waals surface area (Å²) in [6.07, 6.45) is -2.75. The van der Waals surface area contributed by atoms with Crippen molar-refractivity contribution in [3.63, 3.8) is 0 Å². The molecule has 0 spiro atoms. The molecule has 106 valence electrons. The van der Waals surface area contributed by atoms with Gasteiger partial charge in [0.25, 0.3) is 0 Å². The van der Waals surface area contributed by atoms with E-state index in [9.17, 15) is 18.0 Å². The third kappa shape index (κ3) is 4.76. The highest BCUT2D eigenvalue weighted by molar-refractivity contribution is 5.69. The first kappa shape index (κ1) is 15.3. The Bertz CT molecular complexity index is 447. The quantitative estimate of drug-likeness (QED) is 0.839. The zero-order valence-corrected chi connectivity index (χ0v) is 10.5. The Kier molecular flexibility index (Phi) is 5.14. The number of anilines is 1. The fourth-order valence-electron chi connectivity index (χ4n) is 1.51. The van der Waals surface area contributed by atoms with Gasteiger partial charge in [0.15, 0.2) is 0 Å². The van der Waals surface area contributed by atoms with Gasteiger partial charge in [0.2, 0.25) is 0 Å². The highest BCUT2D eigenvalue weighted by Crippen LogP contribution is 2.30. The van der Waals surface area contributed by atoms with Crippen molar-refractivity contribution in [2.24, 2.45) is 0 Å². The molecule has 0 radical (unpaired) electrons. The fraction of sp³-hybridized carbons (Fsp3) is 0.500. The molecule has 0 aromatic carbocycles. The summed E-state index contributed by atoms with van der Waals surface area (Å²) in [4.78, 5) is 14.8. The Morgan fingerprint density at radius 1 is 1.47 bits per heavy atom. The number of rotatable bonds is 5. The first-order valence-electron chi connectivity index (χ1n) is 5.81. The molecule has 0 bridgehead atoms. The first-order valence-corrected chi connectivity index (χ1v) is 5.81. The van der Waals surface area contributed by atoms with E-state index in [1.807, 2.05) is 0 Å². The summed E-state index contributed by atoms with van der Waals surface area (Å²) in [5.41, 5.74) is 4.98. The number of nitrogen functional groups attached to an aromatic ring is 1. The summed E-state index contributed by atoms with van der Waals surface area (Å²) in [6.45, 7) is 2.01. The Labute approximate surface area is 108 Å². The summed E-state index contributed by atoms with van der Waals surface area (Å²) in [5.74, 6) is -0.340. The second-order valence-corrected chi connectivity index (χ2v) is 3.92. The lowest BCUT2D eigenvalue weighted by Crippen LogP contribution is -2.09. The van der Waals surface area contributed by atoms with E-state index in [-0.39, 0.29) is 18.1 Å². The van der Waals surface area contributed by atoms with E-state index in [0.717, 1.165) is 12.3 Å². The molecule has 0 aliphatic heterocycles. The van der Waals surface area contributed by atoms with E-state index < -0.39 is 11.7 Å². The molecule has 0 fully saturated rings. The number of carbonyl (C=O) groups excluding carboxylic acids is 1. The number of nitrogens with two attached hydrogens (primary N) is 1. The smallest absolute Gasteiger partial charge is 0.417 e. The van der Waals surface area contributed by atoms with Gasteiger partial charge in [0.1, 0.15) is 0 Å². The maximum Gasteiger partial charge on any atom is 0.417 e.